The lowest BCUT2D eigenvalue weighted by molar-refractivity contribution is -0.150. The van der Waals surface area contributed by atoms with E-state index in [2.05, 4.69) is 5.32 Å². The first kappa shape index (κ1) is 17.2. The van der Waals surface area contributed by atoms with E-state index >= 15 is 0 Å². The summed E-state index contributed by atoms with van der Waals surface area (Å²) in [4.78, 5) is 62.7. The van der Waals surface area contributed by atoms with Gasteiger partial charge in [0.1, 0.15) is 12.1 Å². The normalized spacial score (nSPS) is 20.4. The molecule has 2 heterocycles. The number of ether oxygens (including phenoxy) is 1. The molecule has 1 spiro atoms. The molecule has 3 aliphatic rings. The number of benzene rings is 1. The third kappa shape index (κ3) is 2.66. The van der Waals surface area contributed by atoms with E-state index in [9.17, 15) is 24.0 Å². The number of amides is 5. The Morgan fingerprint density at radius 1 is 1.00 bits per heavy atom. The Morgan fingerprint density at radius 2 is 1.59 bits per heavy atom. The van der Waals surface area contributed by atoms with Crippen molar-refractivity contribution < 1.29 is 28.7 Å². The molecule has 0 radical (unpaired) electrons. The molecule has 27 heavy (non-hydrogen) atoms. The predicted molar refractivity (Wildman–Crippen MR) is 89.3 cm³/mol. The second-order valence-electron chi connectivity index (χ2n) is 6.84. The van der Waals surface area contributed by atoms with Crippen LogP contribution >= 0.6 is 0 Å². The van der Waals surface area contributed by atoms with Gasteiger partial charge in [-0.2, -0.15) is 0 Å². The van der Waals surface area contributed by atoms with Crippen LogP contribution in [0.2, 0.25) is 0 Å². The van der Waals surface area contributed by atoms with E-state index in [1.807, 2.05) is 0 Å². The maximum Gasteiger partial charge on any atom is 0.328 e. The number of nitrogens with one attached hydrogen (secondary N) is 1. The van der Waals surface area contributed by atoms with Crippen molar-refractivity contribution in [2.75, 3.05) is 13.3 Å². The quantitative estimate of drug-likeness (QED) is 0.472. The van der Waals surface area contributed by atoms with Gasteiger partial charge in [0.2, 0.25) is 0 Å². The molecule has 0 bridgehead atoms. The van der Waals surface area contributed by atoms with Gasteiger partial charge in [0.15, 0.2) is 6.73 Å². The van der Waals surface area contributed by atoms with Gasteiger partial charge in [0, 0.05) is 0 Å². The maximum atomic E-state index is 12.5. The molecule has 5 amide bonds. The Kier molecular flexibility index (Phi) is 3.94. The first-order chi connectivity index (χ1) is 12.9. The molecule has 140 valence electrons. The summed E-state index contributed by atoms with van der Waals surface area (Å²) in [6.45, 7) is -1.13. The zero-order valence-electron chi connectivity index (χ0n) is 14.4. The van der Waals surface area contributed by atoms with E-state index in [4.69, 9.17) is 4.74 Å². The molecular formula is C18H17N3O6. The van der Waals surface area contributed by atoms with Crippen LogP contribution in [0.3, 0.4) is 0 Å². The number of carbonyl (C=O) groups is 5. The van der Waals surface area contributed by atoms with Gasteiger partial charge >= 0.3 is 12.0 Å². The Balaban J connectivity index is 1.37. The number of hydrogen-bond acceptors (Lipinski definition) is 6. The molecule has 1 aromatic carbocycles. The zero-order chi connectivity index (χ0) is 19.2. The standard InChI is InChI=1S/C18H17N3O6/c22-13(9-20-16(25)18(19-17(20)26)7-3-4-8-18)27-10-21-14(23)11-5-1-2-6-12(11)15(21)24/h1-2,5-6H,3-4,7-10H2,(H,19,26). The van der Waals surface area contributed by atoms with E-state index in [0.29, 0.717) is 12.8 Å². The van der Waals surface area contributed by atoms with Gasteiger partial charge in [0.25, 0.3) is 17.7 Å². The largest absolute Gasteiger partial charge is 0.442 e. The van der Waals surface area contributed by atoms with Crippen LogP contribution in [0.15, 0.2) is 24.3 Å². The summed E-state index contributed by atoms with van der Waals surface area (Å²) in [5, 5.41) is 2.67. The van der Waals surface area contributed by atoms with Crippen molar-refractivity contribution in [3.05, 3.63) is 35.4 Å². The van der Waals surface area contributed by atoms with Crippen molar-refractivity contribution in [3.8, 4) is 0 Å². The van der Waals surface area contributed by atoms with Crippen LogP contribution in [-0.2, 0) is 14.3 Å². The summed E-state index contributed by atoms with van der Waals surface area (Å²) in [7, 11) is 0. The van der Waals surface area contributed by atoms with Gasteiger partial charge in [0.05, 0.1) is 11.1 Å². The molecule has 1 N–H and O–H groups in total. The molecule has 9 nitrogen and oxygen atoms in total. The smallest absolute Gasteiger partial charge is 0.328 e. The molecule has 1 saturated heterocycles. The Bertz CT molecular complexity index is 839. The van der Waals surface area contributed by atoms with Crippen LogP contribution in [0.5, 0.6) is 0 Å². The molecule has 0 atom stereocenters. The van der Waals surface area contributed by atoms with Gasteiger partial charge in [-0.3, -0.25) is 24.1 Å². The van der Waals surface area contributed by atoms with Crippen LogP contribution in [0.25, 0.3) is 0 Å². The lowest BCUT2D eigenvalue weighted by Crippen LogP contribution is -2.44. The van der Waals surface area contributed by atoms with Crippen molar-refractivity contribution in [1.29, 1.82) is 0 Å². The maximum absolute atomic E-state index is 12.5. The van der Waals surface area contributed by atoms with Crippen molar-refractivity contribution in [2.45, 2.75) is 31.2 Å². The van der Waals surface area contributed by atoms with E-state index in [1.54, 1.807) is 12.1 Å². The van der Waals surface area contributed by atoms with Crippen LogP contribution < -0.4 is 5.32 Å². The summed E-state index contributed by atoms with van der Waals surface area (Å²) in [5.41, 5.74) is -0.411. The first-order valence-corrected chi connectivity index (χ1v) is 8.68. The number of hydrogen-bond donors (Lipinski definition) is 1. The summed E-state index contributed by atoms with van der Waals surface area (Å²) < 4.78 is 4.98. The van der Waals surface area contributed by atoms with Crippen LogP contribution in [0, 0.1) is 0 Å². The number of imide groups is 2. The van der Waals surface area contributed by atoms with Crippen LogP contribution in [0.4, 0.5) is 4.79 Å². The second-order valence-corrected chi connectivity index (χ2v) is 6.84. The molecule has 4 rings (SSSR count). The minimum atomic E-state index is -0.903. The Morgan fingerprint density at radius 3 is 2.19 bits per heavy atom. The predicted octanol–water partition coefficient (Wildman–Crippen LogP) is 0.648. The van der Waals surface area contributed by atoms with E-state index in [-0.39, 0.29) is 11.1 Å². The topological polar surface area (TPSA) is 113 Å². The van der Waals surface area contributed by atoms with Crippen molar-refractivity contribution in [1.82, 2.24) is 15.1 Å². The first-order valence-electron chi connectivity index (χ1n) is 8.68. The van der Waals surface area contributed by atoms with Crippen molar-refractivity contribution >= 4 is 29.7 Å². The van der Waals surface area contributed by atoms with E-state index in [0.717, 1.165) is 22.6 Å². The highest BCUT2D eigenvalue weighted by Gasteiger charge is 2.52. The van der Waals surface area contributed by atoms with Crippen molar-refractivity contribution in [2.24, 2.45) is 0 Å². The summed E-state index contributed by atoms with van der Waals surface area (Å²) in [6.07, 6.45) is 2.78. The summed E-state index contributed by atoms with van der Waals surface area (Å²) >= 11 is 0. The fraction of sp³-hybridized carbons (Fsp3) is 0.389. The summed E-state index contributed by atoms with van der Waals surface area (Å²) in [6, 6.07) is 5.68. The molecule has 2 aliphatic heterocycles. The molecule has 1 saturated carbocycles. The van der Waals surface area contributed by atoms with Crippen molar-refractivity contribution in [3.63, 3.8) is 0 Å². The van der Waals surface area contributed by atoms with Gasteiger partial charge in [-0.1, -0.05) is 25.0 Å². The third-order valence-corrected chi connectivity index (χ3v) is 5.22. The number of urea groups is 1. The highest BCUT2D eigenvalue weighted by molar-refractivity contribution is 6.21. The number of fused-ring (bicyclic) bond motifs is 1. The highest BCUT2D eigenvalue weighted by Crippen LogP contribution is 2.34. The second kappa shape index (κ2) is 6.19. The van der Waals surface area contributed by atoms with Gasteiger partial charge in [-0.05, 0) is 25.0 Å². The minimum Gasteiger partial charge on any atom is -0.442 e. The number of carbonyl (C=O) groups excluding carboxylic acids is 5. The third-order valence-electron chi connectivity index (χ3n) is 5.22. The van der Waals surface area contributed by atoms with E-state index < -0.39 is 48.5 Å². The van der Waals surface area contributed by atoms with Gasteiger partial charge < -0.3 is 10.1 Å². The molecule has 0 aromatic heterocycles. The van der Waals surface area contributed by atoms with Crippen LogP contribution in [-0.4, -0.2) is 58.3 Å². The number of nitrogens with zero attached hydrogens (tertiary/aromatic N) is 2. The minimum absolute atomic E-state index is 0.246. The number of esters is 1. The molecule has 9 heteroatoms. The number of rotatable bonds is 4. The SMILES string of the molecule is O=C(CN1C(=O)NC2(CCCC2)C1=O)OCN1C(=O)c2ccccc2C1=O. The van der Waals surface area contributed by atoms with Crippen LogP contribution in [0.1, 0.15) is 46.4 Å². The lowest BCUT2D eigenvalue weighted by Gasteiger charge is -2.20. The average molecular weight is 371 g/mol. The molecule has 1 aromatic rings. The van der Waals surface area contributed by atoms with Gasteiger partial charge in [-0.15, -0.1) is 0 Å². The average Bonchev–Trinajstić information content (AvgIpc) is 3.29. The molecule has 0 unspecified atom stereocenters. The fourth-order valence-corrected chi connectivity index (χ4v) is 3.80. The zero-order valence-corrected chi connectivity index (χ0v) is 14.4. The molecule has 1 aliphatic carbocycles. The summed E-state index contributed by atoms with van der Waals surface area (Å²) in [5.74, 6) is -2.40. The Hall–Kier alpha value is -3.23. The van der Waals surface area contributed by atoms with E-state index in [1.165, 1.54) is 12.1 Å². The monoisotopic (exact) mass is 371 g/mol. The molecular weight excluding hydrogens is 354 g/mol. The fourth-order valence-electron chi connectivity index (χ4n) is 3.80. The molecule has 2 fully saturated rings. The Labute approximate surface area is 154 Å². The highest BCUT2D eigenvalue weighted by atomic mass is 16.5. The van der Waals surface area contributed by atoms with Gasteiger partial charge in [-0.25, -0.2) is 9.69 Å². The lowest BCUT2D eigenvalue weighted by atomic mass is 9.98.